The van der Waals surface area contributed by atoms with E-state index in [0.29, 0.717) is 0 Å². The molecule has 0 N–H and O–H groups in total. The van der Waals surface area contributed by atoms with Crippen LogP contribution in [0.3, 0.4) is 0 Å². The van der Waals surface area contributed by atoms with Gasteiger partial charge in [-0.15, -0.1) is 11.3 Å². The van der Waals surface area contributed by atoms with Crippen molar-refractivity contribution in [3.63, 3.8) is 0 Å². The summed E-state index contributed by atoms with van der Waals surface area (Å²) in [5.74, 6) is -1.52. The molecule has 0 aliphatic heterocycles. The van der Waals surface area contributed by atoms with Crippen LogP contribution in [0.4, 0.5) is 0 Å². The molecule has 0 atom stereocenters. The topological polar surface area (TPSA) is 52.6 Å². The van der Waals surface area contributed by atoms with Crippen molar-refractivity contribution < 1.29 is 19.1 Å². The van der Waals surface area contributed by atoms with Crippen molar-refractivity contribution in [1.82, 2.24) is 0 Å². The first-order valence-electron chi connectivity index (χ1n) is 4.06. The molecule has 17 heavy (non-hydrogen) atoms. The molecule has 0 bridgehead atoms. The Morgan fingerprint density at radius 3 is 2.47 bits per heavy atom. The number of methoxy groups -OCH3 is 1. The molecular formula is C9H5Cl3O4S. The Morgan fingerprint density at radius 1 is 1.29 bits per heavy atom. The van der Waals surface area contributed by atoms with Gasteiger partial charge in [-0.3, -0.25) is 0 Å². The average molecular weight is 316 g/mol. The normalized spacial score (nSPS) is 9.65. The number of hydrogen-bond donors (Lipinski definition) is 0. The molecule has 0 aromatic carbocycles. The highest BCUT2D eigenvalue weighted by atomic mass is 35.5. The second kappa shape index (κ2) is 6.26. The standard InChI is InChI=1S/C9H5Cl3O4S/c1-15-9(14)6-4(2-3-17-6)16-8(13)5(10)7(11)12/h2-3H,1H3. The molecule has 0 saturated heterocycles. The zero-order chi connectivity index (χ0) is 13.0. The van der Waals surface area contributed by atoms with Gasteiger partial charge in [0.1, 0.15) is 4.49 Å². The van der Waals surface area contributed by atoms with E-state index < -0.39 is 21.5 Å². The van der Waals surface area contributed by atoms with Crippen LogP contribution in [-0.4, -0.2) is 19.0 Å². The van der Waals surface area contributed by atoms with Gasteiger partial charge in [-0.2, -0.15) is 0 Å². The Bertz CT molecular complexity index is 476. The maximum atomic E-state index is 11.4. The molecule has 4 nitrogen and oxygen atoms in total. The predicted octanol–water partition coefficient (Wildman–Crippen LogP) is 3.33. The first-order valence-corrected chi connectivity index (χ1v) is 6.07. The summed E-state index contributed by atoms with van der Waals surface area (Å²) in [5.41, 5.74) is 0. The number of esters is 2. The first-order chi connectivity index (χ1) is 7.97. The maximum absolute atomic E-state index is 11.4. The fraction of sp³-hybridized carbons (Fsp3) is 0.111. The van der Waals surface area contributed by atoms with E-state index in [9.17, 15) is 9.59 Å². The van der Waals surface area contributed by atoms with Crippen LogP contribution in [0.15, 0.2) is 21.0 Å². The van der Waals surface area contributed by atoms with Crippen LogP contribution in [0.5, 0.6) is 5.75 Å². The van der Waals surface area contributed by atoms with Crippen LogP contribution in [0.1, 0.15) is 9.67 Å². The molecule has 0 fully saturated rings. The van der Waals surface area contributed by atoms with Gasteiger partial charge in [0.15, 0.2) is 15.7 Å². The number of carbonyl (C=O) groups is 2. The number of thiophene rings is 1. The Balaban J connectivity index is 2.90. The van der Waals surface area contributed by atoms with Gasteiger partial charge in [-0.1, -0.05) is 34.8 Å². The molecular weight excluding hydrogens is 311 g/mol. The van der Waals surface area contributed by atoms with Crippen LogP contribution in [0, 0.1) is 0 Å². The van der Waals surface area contributed by atoms with Crippen LogP contribution in [0.2, 0.25) is 0 Å². The molecule has 1 aromatic heterocycles. The molecule has 1 aromatic rings. The lowest BCUT2D eigenvalue weighted by atomic mass is 10.4. The zero-order valence-electron chi connectivity index (χ0n) is 8.33. The summed E-state index contributed by atoms with van der Waals surface area (Å²) >= 11 is 17.2. The van der Waals surface area contributed by atoms with Crippen molar-refractivity contribution in [2.24, 2.45) is 0 Å². The van der Waals surface area contributed by atoms with E-state index in [4.69, 9.17) is 39.5 Å². The lowest BCUT2D eigenvalue weighted by Crippen LogP contribution is -2.10. The number of ether oxygens (including phenoxy) is 2. The molecule has 0 unspecified atom stereocenters. The molecule has 0 amide bonds. The van der Waals surface area contributed by atoms with Crippen molar-refractivity contribution in [1.29, 1.82) is 0 Å². The van der Waals surface area contributed by atoms with Crippen LogP contribution in [-0.2, 0) is 9.53 Å². The number of hydrogen-bond acceptors (Lipinski definition) is 5. The number of rotatable bonds is 3. The van der Waals surface area contributed by atoms with Gasteiger partial charge in [0, 0.05) is 0 Å². The van der Waals surface area contributed by atoms with Gasteiger partial charge in [0.25, 0.3) is 0 Å². The van der Waals surface area contributed by atoms with Crippen molar-refractivity contribution in [2.75, 3.05) is 7.11 Å². The second-order valence-electron chi connectivity index (χ2n) is 2.57. The fourth-order valence-corrected chi connectivity index (χ4v) is 1.77. The van der Waals surface area contributed by atoms with Crippen molar-refractivity contribution in [3.05, 3.63) is 25.8 Å². The molecule has 1 rings (SSSR count). The van der Waals surface area contributed by atoms with E-state index in [0.717, 1.165) is 11.3 Å². The summed E-state index contributed by atoms with van der Waals surface area (Å²) in [6.07, 6.45) is 0. The van der Waals surface area contributed by atoms with Crippen molar-refractivity contribution in [2.45, 2.75) is 0 Å². The Hall–Kier alpha value is -0.750. The third-order valence-corrected chi connectivity index (χ3v) is 3.34. The van der Waals surface area contributed by atoms with Gasteiger partial charge < -0.3 is 9.47 Å². The number of carbonyl (C=O) groups excluding carboxylic acids is 2. The van der Waals surface area contributed by atoms with Crippen LogP contribution >= 0.6 is 46.1 Å². The first kappa shape index (κ1) is 14.3. The highest BCUT2D eigenvalue weighted by Gasteiger charge is 2.20. The van der Waals surface area contributed by atoms with Crippen molar-refractivity contribution in [3.8, 4) is 5.75 Å². The lowest BCUT2D eigenvalue weighted by molar-refractivity contribution is -0.129. The minimum atomic E-state index is -0.949. The predicted molar refractivity (Wildman–Crippen MR) is 65.9 cm³/mol. The fourth-order valence-electron chi connectivity index (χ4n) is 0.841. The van der Waals surface area contributed by atoms with Gasteiger partial charge in [-0.05, 0) is 11.4 Å². The smallest absolute Gasteiger partial charge is 0.357 e. The SMILES string of the molecule is COC(=O)c1sccc1OC(=O)C(Cl)=C(Cl)Cl. The molecule has 0 aliphatic rings. The third-order valence-electron chi connectivity index (χ3n) is 1.55. The second-order valence-corrected chi connectivity index (χ2v) is 4.81. The Morgan fingerprint density at radius 2 is 1.94 bits per heavy atom. The summed E-state index contributed by atoms with van der Waals surface area (Å²) in [5, 5.41) is 1.10. The van der Waals surface area contributed by atoms with E-state index in [1.807, 2.05) is 0 Å². The molecule has 1 heterocycles. The lowest BCUT2D eigenvalue weighted by Gasteiger charge is -2.03. The summed E-state index contributed by atoms with van der Waals surface area (Å²) in [4.78, 5) is 22.8. The Kier molecular flexibility index (Phi) is 5.27. The van der Waals surface area contributed by atoms with Crippen molar-refractivity contribution >= 4 is 58.1 Å². The Labute approximate surface area is 116 Å². The average Bonchev–Trinajstić information content (AvgIpc) is 2.74. The summed E-state index contributed by atoms with van der Waals surface area (Å²) in [6.45, 7) is 0. The highest BCUT2D eigenvalue weighted by molar-refractivity contribution is 7.12. The summed E-state index contributed by atoms with van der Waals surface area (Å²) in [7, 11) is 1.22. The quantitative estimate of drug-likeness (QED) is 0.634. The maximum Gasteiger partial charge on any atom is 0.357 e. The monoisotopic (exact) mass is 314 g/mol. The van der Waals surface area contributed by atoms with E-state index in [-0.39, 0.29) is 10.6 Å². The van der Waals surface area contributed by atoms with Gasteiger partial charge in [-0.25, -0.2) is 9.59 Å². The largest absolute Gasteiger partial charge is 0.465 e. The molecule has 0 saturated carbocycles. The minimum absolute atomic E-state index is 0.0413. The highest BCUT2D eigenvalue weighted by Crippen LogP contribution is 2.27. The summed E-state index contributed by atoms with van der Waals surface area (Å²) in [6, 6.07) is 1.43. The van der Waals surface area contributed by atoms with E-state index in [1.165, 1.54) is 13.2 Å². The van der Waals surface area contributed by atoms with E-state index in [1.54, 1.807) is 5.38 Å². The molecule has 0 radical (unpaired) electrons. The zero-order valence-corrected chi connectivity index (χ0v) is 11.4. The van der Waals surface area contributed by atoms with E-state index >= 15 is 0 Å². The van der Waals surface area contributed by atoms with Gasteiger partial charge >= 0.3 is 11.9 Å². The molecule has 8 heteroatoms. The van der Waals surface area contributed by atoms with Crippen LogP contribution in [0.25, 0.3) is 0 Å². The molecule has 0 spiro atoms. The van der Waals surface area contributed by atoms with E-state index in [2.05, 4.69) is 4.74 Å². The third kappa shape index (κ3) is 3.61. The van der Waals surface area contributed by atoms with Gasteiger partial charge in [0.2, 0.25) is 0 Å². The molecule has 92 valence electrons. The van der Waals surface area contributed by atoms with Gasteiger partial charge in [0.05, 0.1) is 7.11 Å². The summed E-state index contributed by atoms with van der Waals surface area (Å²) < 4.78 is 8.94. The van der Waals surface area contributed by atoms with Crippen LogP contribution < -0.4 is 4.74 Å². The minimum Gasteiger partial charge on any atom is -0.465 e. The number of halogens is 3. The molecule has 0 aliphatic carbocycles.